The van der Waals surface area contributed by atoms with Crippen LogP contribution in [0.2, 0.25) is 0 Å². The Balaban J connectivity index is 1.76. The highest BCUT2D eigenvalue weighted by Crippen LogP contribution is 2.08. The van der Waals surface area contributed by atoms with Gasteiger partial charge in [-0.25, -0.2) is 0 Å². The van der Waals surface area contributed by atoms with E-state index < -0.39 is 0 Å². The topological polar surface area (TPSA) is 43.6 Å². The van der Waals surface area contributed by atoms with Crippen molar-refractivity contribution < 1.29 is 0 Å². The maximum absolute atomic E-state index is 4.02. The molecule has 4 nitrogen and oxygen atoms in total. The van der Waals surface area contributed by atoms with Crippen LogP contribution in [0.4, 0.5) is 0 Å². The van der Waals surface area contributed by atoms with Gasteiger partial charge in [-0.3, -0.25) is 0 Å². The maximum atomic E-state index is 4.02. The fraction of sp³-hybridized carbons (Fsp3) is 0. The molecule has 0 fully saturated rings. The lowest BCUT2D eigenvalue weighted by Crippen LogP contribution is -1.98. The van der Waals surface area contributed by atoms with Crippen molar-refractivity contribution in [2.45, 2.75) is 0 Å². The smallest absolute Gasteiger partial charge is 0.179 e. The second-order valence-corrected chi connectivity index (χ2v) is 4.41. The van der Waals surface area contributed by atoms with Crippen molar-refractivity contribution in [2.24, 2.45) is 0 Å². The molecule has 0 unspecified atom stereocenters. The predicted molar refractivity (Wildman–Crippen MR) is 83.7 cm³/mol. The Bertz CT molecular complexity index is 743. The van der Waals surface area contributed by atoms with E-state index in [0.717, 1.165) is 11.3 Å². The van der Waals surface area contributed by atoms with Crippen LogP contribution in [0.25, 0.3) is 17.8 Å². The molecule has 0 radical (unpaired) electrons. The third-order valence-electron chi connectivity index (χ3n) is 2.94. The molecule has 0 atom stereocenters. The van der Waals surface area contributed by atoms with Crippen LogP contribution in [0.1, 0.15) is 11.4 Å². The quantitative estimate of drug-likeness (QED) is 0.685. The number of tetrazole rings is 1. The fourth-order valence-corrected chi connectivity index (χ4v) is 1.92. The van der Waals surface area contributed by atoms with Crippen molar-refractivity contribution in [1.29, 1.82) is 0 Å². The van der Waals surface area contributed by atoms with E-state index in [9.17, 15) is 0 Å². The summed E-state index contributed by atoms with van der Waals surface area (Å²) in [4.78, 5) is 0. The normalized spacial score (nSPS) is 11.4. The van der Waals surface area contributed by atoms with E-state index in [4.69, 9.17) is 0 Å². The second-order valence-electron chi connectivity index (χ2n) is 4.41. The second kappa shape index (κ2) is 6.43. The molecule has 0 spiro atoms. The van der Waals surface area contributed by atoms with Gasteiger partial charge in [0.15, 0.2) is 5.82 Å². The highest BCUT2D eigenvalue weighted by molar-refractivity contribution is 5.55. The number of aromatic nitrogens is 4. The first-order valence-corrected chi connectivity index (χ1v) is 6.67. The summed E-state index contributed by atoms with van der Waals surface area (Å²) in [5.74, 6) is 0.693. The number of para-hydroxylation sites is 1. The van der Waals surface area contributed by atoms with E-state index in [1.807, 2.05) is 72.8 Å². The number of benzene rings is 2. The molecule has 4 heteroatoms. The van der Waals surface area contributed by atoms with E-state index in [2.05, 4.69) is 27.7 Å². The molecule has 1 aromatic heterocycles. The van der Waals surface area contributed by atoms with Crippen LogP contribution in [-0.2, 0) is 0 Å². The van der Waals surface area contributed by atoms with Crippen LogP contribution in [0.15, 0.2) is 72.8 Å². The lowest BCUT2D eigenvalue weighted by molar-refractivity contribution is 0.787. The SMILES string of the molecule is C(/C=C/c1nnnn1-c1ccccc1)=C\c1ccccc1. The number of rotatable bonds is 4. The van der Waals surface area contributed by atoms with Crippen LogP contribution in [-0.4, -0.2) is 20.2 Å². The largest absolute Gasteiger partial charge is 0.193 e. The van der Waals surface area contributed by atoms with E-state index in [-0.39, 0.29) is 0 Å². The van der Waals surface area contributed by atoms with E-state index in [0.29, 0.717) is 5.82 Å². The molecule has 21 heavy (non-hydrogen) atoms. The van der Waals surface area contributed by atoms with Crippen molar-refractivity contribution in [3.63, 3.8) is 0 Å². The summed E-state index contributed by atoms with van der Waals surface area (Å²) in [6.07, 6.45) is 7.82. The molecule has 0 aliphatic carbocycles. The predicted octanol–water partition coefficient (Wildman–Crippen LogP) is 3.39. The molecule has 0 amide bonds. The van der Waals surface area contributed by atoms with Gasteiger partial charge in [0.05, 0.1) is 5.69 Å². The van der Waals surface area contributed by atoms with Gasteiger partial charge in [0.25, 0.3) is 0 Å². The first kappa shape index (κ1) is 13.0. The van der Waals surface area contributed by atoms with Crippen molar-refractivity contribution in [1.82, 2.24) is 20.2 Å². The summed E-state index contributed by atoms with van der Waals surface area (Å²) in [5.41, 5.74) is 2.10. The van der Waals surface area contributed by atoms with E-state index >= 15 is 0 Å². The van der Waals surface area contributed by atoms with Crippen molar-refractivity contribution in [3.8, 4) is 5.69 Å². The minimum atomic E-state index is 0.693. The van der Waals surface area contributed by atoms with Crippen molar-refractivity contribution in [2.75, 3.05) is 0 Å². The Morgan fingerprint density at radius 1 is 0.762 bits per heavy atom. The third kappa shape index (κ3) is 3.30. The molecule has 0 aliphatic heterocycles. The Labute approximate surface area is 123 Å². The van der Waals surface area contributed by atoms with Gasteiger partial charge < -0.3 is 0 Å². The molecule has 0 bridgehead atoms. The van der Waals surface area contributed by atoms with Gasteiger partial charge in [0.1, 0.15) is 0 Å². The van der Waals surface area contributed by atoms with Gasteiger partial charge in [-0.1, -0.05) is 66.8 Å². The number of allylic oxidation sites excluding steroid dienone is 2. The molecule has 0 N–H and O–H groups in total. The van der Waals surface area contributed by atoms with Crippen LogP contribution in [0.3, 0.4) is 0 Å². The highest BCUT2D eigenvalue weighted by Gasteiger charge is 2.03. The molecule has 0 aliphatic rings. The van der Waals surface area contributed by atoms with Gasteiger partial charge >= 0.3 is 0 Å². The summed E-state index contributed by atoms with van der Waals surface area (Å²) in [7, 11) is 0. The number of nitrogens with zero attached hydrogens (tertiary/aromatic N) is 4. The summed E-state index contributed by atoms with van der Waals surface area (Å²) >= 11 is 0. The van der Waals surface area contributed by atoms with Crippen LogP contribution in [0.5, 0.6) is 0 Å². The van der Waals surface area contributed by atoms with Crippen LogP contribution >= 0.6 is 0 Å². The van der Waals surface area contributed by atoms with Crippen LogP contribution < -0.4 is 0 Å². The summed E-state index contributed by atoms with van der Waals surface area (Å²) in [6, 6.07) is 19.9. The van der Waals surface area contributed by atoms with Gasteiger partial charge in [-0.15, -0.1) is 5.10 Å². The Morgan fingerprint density at radius 3 is 2.19 bits per heavy atom. The molecule has 102 valence electrons. The lowest BCUT2D eigenvalue weighted by Gasteiger charge is -1.99. The first-order chi connectivity index (χ1) is 10.4. The molecule has 0 saturated carbocycles. The van der Waals surface area contributed by atoms with Gasteiger partial charge in [-0.2, -0.15) is 4.68 Å². The molecule has 3 rings (SSSR count). The minimum absolute atomic E-state index is 0.693. The molecule has 1 heterocycles. The Morgan fingerprint density at radius 2 is 1.43 bits per heavy atom. The van der Waals surface area contributed by atoms with E-state index in [1.165, 1.54) is 0 Å². The van der Waals surface area contributed by atoms with E-state index in [1.54, 1.807) is 4.68 Å². The minimum Gasteiger partial charge on any atom is -0.193 e. The summed E-state index contributed by atoms with van der Waals surface area (Å²) in [6.45, 7) is 0. The molecule has 3 aromatic rings. The maximum Gasteiger partial charge on any atom is 0.179 e. The third-order valence-corrected chi connectivity index (χ3v) is 2.94. The standard InChI is InChI=1S/C17H14N4/c1-3-9-15(10-4-1)11-7-8-14-17-18-19-20-21(17)16-12-5-2-6-13-16/h1-14H/b11-7+,14-8+. The van der Waals surface area contributed by atoms with Crippen molar-refractivity contribution >= 4 is 12.2 Å². The zero-order chi connectivity index (χ0) is 14.3. The van der Waals surface area contributed by atoms with Crippen LogP contribution in [0, 0.1) is 0 Å². The number of hydrogen-bond donors (Lipinski definition) is 0. The van der Waals surface area contributed by atoms with Crippen molar-refractivity contribution in [3.05, 3.63) is 84.2 Å². The molecule has 0 saturated heterocycles. The zero-order valence-corrected chi connectivity index (χ0v) is 11.4. The Kier molecular flexibility index (Phi) is 3.98. The molecule has 2 aromatic carbocycles. The Hall–Kier alpha value is -3.01. The highest BCUT2D eigenvalue weighted by atomic mass is 15.5. The fourth-order valence-electron chi connectivity index (χ4n) is 1.92. The first-order valence-electron chi connectivity index (χ1n) is 6.67. The van der Waals surface area contributed by atoms with Gasteiger partial charge in [0, 0.05) is 0 Å². The molecular weight excluding hydrogens is 260 g/mol. The number of hydrogen-bond acceptors (Lipinski definition) is 3. The summed E-state index contributed by atoms with van der Waals surface area (Å²) < 4.78 is 1.70. The summed E-state index contributed by atoms with van der Waals surface area (Å²) in [5, 5.41) is 11.7. The average molecular weight is 274 g/mol. The lowest BCUT2D eigenvalue weighted by atomic mass is 10.2. The average Bonchev–Trinajstić information content (AvgIpc) is 3.02. The van der Waals surface area contributed by atoms with Gasteiger partial charge in [0.2, 0.25) is 0 Å². The monoisotopic (exact) mass is 274 g/mol. The molecular formula is C17H14N4. The zero-order valence-electron chi connectivity index (χ0n) is 11.4. The van der Waals surface area contributed by atoms with Gasteiger partial charge in [-0.05, 0) is 34.2 Å².